The summed E-state index contributed by atoms with van der Waals surface area (Å²) in [7, 11) is 0. The van der Waals surface area contributed by atoms with Crippen molar-refractivity contribution >= 4 is 0 Å². The lowest BCUT2D eigenvalue weighted by Gasteiger charge is -2.34. The van der Waals surface area contributed by atoms with E-state index in [1.165, 1.54) is 19.3 Å². The smallest absolute Gasteiger partial charge is 0.0823 e. The molecule has 1 aliphatic heterocycles. The number of hydrogen-bond donors (Lipinski definition) is 1. The molecule has 0 aromatic rings. The lowest BCUT2D eigenvalue weighted by molar-refractivity contribution is 0.0974. The molecule has 12 heavy (non-hydrogen) atoms. The second kappa shape index (κ2) is 3.35. The summed E-state index contributed by atoms with van der Waals surface area (Å²) in [6.07, 6.45) is 3.73. The van der Waals surface area contributed by atoms with Crippen LogP contribution in [0.4, 0.5) is 0 Å². The van der Waals surface area contributed by atoms with Gasteiger partial charge < -0.3 is 9.84 Å². The Morgan fingerprint density at radius 1 is 1.33 bits per heavy atom. The molecule has 1 heterocycles. The van der Waals surface area contributed by atoms with Crippen LogP contribution in [0.25, 0.3) is 0 Å². The van der Waals surface area contributed by atoms with Crippen LogP contribution >= 0.6 is 0 Å². The van der Waals surface area contributed by atoms with E-state index in [0.29, 0.717) is 12.5 Å². The van der Waals surface area contributed by atoms with Gasteiger partial charge in [0.2, 0.25) is 0 Å². The van der Waals surface area contributed by atoms with E-state index in [1.807, 2.05) is 0 Å². The van der Waals surface area contributed by atoms with E-state index in [1.54, 1.807) is 0 Å². The molecule has 0 amide bonds. The van der Waals surface area contributed by atoms with Gasteiger partial charge in [-0.05, 0) is 31.1 Å². The molecule has 2 nitrogen and oxygen atoms in total. The van der Waals surface area contributed by atoms with Crippen LogP contribution in [-0.4, -0.2) is 24.4 Å². The lowest BCUT2D eigenvalue weighted by atomic mass is 9.71. The molecule has 0 aromatic carbocycles. The Morgan fingerprint density at radius 2 is 2.08 bits per heavy atom. The number of aliphatic hydroxyl groups excluding tert-OH is 1. The Labute approximate surface area is 73.9 Å². The molecule has 0 unspecified atom stereocenters. The van der Waals surface area contributed by atoms with Crippen molar-refractivity contribution in [1.29, 1.82) is 0 Å². The number of aliphatic hydroxyl groups is 1. The van der Waals surface area contributed by atoms with Crippen molar-refractivity contribution in [2.75, 3.05) is 13.2 Å². The molecular weight excluding hydrogens is 152 g/mol. The van der Waals surface area contributed by atoms with Gasteiger partial charge in [-0.2, -0.15) is 0 Å². The van der Waals surface area contributed by atoms with Gasteiger partial charge in [0.25, 0.3) is 0 Å². The standard InChI is InChI=1S/C10H18O2/c1-7-2-8(3-7)4-9-5-12-6-10(9)11/h7-11H,2-6H2,1H3/t7?,8?,9-,10-/m1/s1. The van der Waals surface area contributed by atoms with E-state index in [-0.39, 0.29) is 6.10 Å². The molecule has 0 aromatic heterocycles. The predicted octanol–water partition coefficient (Wildman–Crippen LogP) is 1.43. The molecule has 1 saturated heterocycles. The van der Waals surface area contributed by atoms with Crippen LogP contribution in [0.3, 0.4) is 0 Å². The molecule has 2 heteroatoms. The summed E-state index contributed by atoms with van der Waals surface area (Å²) >= 11 is 0. The minimum Gasteiger partial charge on any atom is -0.390 e. The molecule has 2 atom stereocenters. The average molecular weight is 170 g/mol. The SMILES string of the molecule is CC1CC(C[C@@H]2COC[C@H]2O)C1. The highest BCUT2D eigenvalue weighted by Gasteiger charge is 2.33. The summed E-state index contributed by atoms with van der Waals surface area (Å²) in [4.78, 5) is 0. The van der Waals surface area contributed by atoms with Crippen molar-refractivity contribution in [2.45, 2.75) is 32.3 Å². The maximum Gasteiger partial charge on any atom is 0.0823 e. The second-order valence-corrected chi connectivity index (χ2v) is 4.54. The van der Waals surface area contributed by atoms with Crippen molar-refractivity contribution in [3.63, 3.8) is 0 Å². The maximum absolute atomic E-state index is 9.50. The summed E-state index contributed by atoms with van der Waals surface area (Å²) in [5.74, 6) is 2.23. The fourth-order valence-corrected chi connectivity index (χ4v) is 2.50. The highest BCUT2D eigenvalue weighted by atomic mass is 16.5. The third-order valence-electron chi connectivity index (χ3n) is 3.27. The van der Waals surface area contributed by atoms with Crippen LogP contribution in [0.5, 0.6) is 0 Å². The molecular formula is C10H18O2. The zero-order valence-electron chi connectivity index (χ0n) is 7.70. The van der Waals surface area contributed by atoms with Crippen LogP contribution in [0.2, 0.25) is 0 Å². The van der Waals surface area contributed by atoms with Gasteiger partial charge in [0.15, 0.2) is 0 Å². The van der Waals surface area contributed by atoms with Crippen molar-refractivity contribution in [2.24, 2.45) is 17.8 Å². The number of hydrogen-bond acceptors (Lipinski definition) is 2. The maximum atomic E-state index is 9.50. The van der Waals surface area contributed by atoms with Gasteiger partial charge in [-0.3, -0.25) is 0 Å². The summed E-state index contributed by atoms with van der Waals surface area (Å²) in [5.41, 5.74) is 0. The Balaban J connectivity index is 1.72. The Kier molecular flexibility index (Phi) is 2.37. The van der Waals surface area contributed by atoms with E-state index in [9.17, 15) is 5.11 Å². The Hall–Kier alpha value is -0.0800. The first-order chi connectivity index (χ1) is 5.75. The van der Waals surface area contributed by atoms with Gasteiger partial charge in [-0.1, -0.05) is 6.92 Å². The minimum atomic E-state index is -0.180. The van der Waals surface area contributed by atoms with Crippen LogP contribution in [0.15, 0.2) is 0 Å². The normalized spacial score (nSPS) is 47.5. The Morgan fingerprint density at radius 3 is 2.58 bits per heavy atom. The van der Waals surface area contributed by atoms with Crippen LogP contribution in [0, 0.1) is 17.8 Å². The summed E-state index contributed by atoms with van der Waals surface area (Å²) in [5, 5.41) is 9.50. The van der Waals surface area contributed by atoms with Crippen LogP contribution < -0.4 is 0 Å². The van der Waals surface area contributed by atoms with Gasteiger partial charge in [0.1, 0.15) is 0 Å². The molecule has 0 bridgehead atoms. The first-order valence-electron chi connectivity index (χ1n) is 5.01. The molecule has 1 saturated carbocycles. The van der Waals surface area contributed by atoms with Crippen molar-refractivity contribution in [3.8, 4) is 0 Å². The molecule has 1 aliphatic carbocycles. The fraction of sp³-hybridized carbons (Fsp3) is 1.00. The molecule has 0 spiro atoms. The zero-order chi connectivity index (χ0) is 8.55. The van der Waals surface area contributed by atoms with E-state index in [4.69, 9.17) is 4.74 Å². The van der Waals surface area contributed by atoms with E-state index in [0.717, 1.165) is 18.4 Å². The monoisotopic (exact) mass is 170 g/mol. The van der Waals surface area contributed by atoms with Crippen LogP contribution in [0.1, 0.15) is 26.2 Å². The third-order valence-corrected chi connectivity index (χ3v) is 3.27. The Bertz CT molecular complexity index is 152. The molecule has 0 radical (unpaired) electrons. The fourth-order valence-electron chi connectivity index (χ4n) is 2.50. The third kappa shape index (κ3) is 1.64. The van der Waals surface area contributed by atoms with E-state index < -0.39 is 0 Å². The summed E-state index contributed by atoms with van der Waals surface area (Å²) in [6, 6.07) is 0. The van der Waals surface area contributed by atoms with Crippen molar-refractivity contribution in [3.05, 3.63) is 0 Å². The van der Waals surface area contributed by atoms with E-state index in [2.05, 4.69) is 6.92 Å². The van der Waals surface area contributed by atoms with E-state index >= 15 is 0 Å². The van der Waals surface area contributed by atoms with Crippen LogP contribution in [-0.2, 0) is 4.74 Å². The lowest BCUT2D eigenvalue weighted by Crippen LogP contribution is -2.27. The highest BCUT2D eigenvalue weighted by molar-refractivity contribution is 4.83. The first-order valence-corrected chi connectivity index (χ1v) is 5.01. The molecule has 70 valence electrons. The molecule has 2 rings (SSSR count). The second-order valence-electron chi connectivity index (χ2n) is 4.54. The molecule has 2 aliphatic rings. The van der Waals surface area contributed by atoms with Crippen molar-refractivity contribution in [1.82, 2.24) is 0 Å². The molecule has 2 fully saturated rings. The quantitative estimate of drug-likeness (QED) is 0.679. The highest BCUT2D eigenvalue weighted by Crippen LogP contribution is 2.38. The number of ether oxygens (including phenoxy) is 1. The molecule has 1 N–H and O–H groups in total. The average Bonchev–Trinajstić information content (AvgIpc) is 2.33. The largest absolute Gasteiger partial charge is 0.390 e. The van der Waals surface area contributed by atoms with Gasteiger partial charge in [0.05, 0.1) is 19.3 Å². The topological polar surface area (TPSA) is 29.5 Å². The van der Waals surface area contributed by atoms with Gasteiger partial charge in [0, 0.05) is 5.92 Å². The van der Waals surface area contributed by atoms with Gasteiger partial charge in [-0.25, -0.2) is 0 Å². The summed E-state index contributed by atoms with van der Waals surface area (Å²) in [6.45, 7) is 3.65. The minimum absolute atomic E-state index is 0.180. The van der Waals surface area contributed by atoms with Crippen molar-refractivity contribution < 1.29 is 9.84 Å². The van der Waals surface area contributed by atoms with Gasteiger partial charge >= 0.3 is 0 Å². The van der Waals surface area contributed by atoms with Gasteiger partial charge in [-0.15, -0.1) is 0 Å². The zero-order valence-corrected chi connectivity index (χ0v) is 7.70. The summed E-state index contributed by atoms with van der Waals surface area (Å²) < 4.78 is 5.22. The number of rotatable bonds is 2. The predicted molar refractivity (Wildman–Crippen MR) is 46.8 cm³/mol. The first kappa shape index (κ1) is 8.52.